The van der Waals surface area contributed by atoms with Crippen molar-refractivity contribution in [3.63, 3.8) is 0 Å². The van der Waals surface area contributed by atoms with Crippen LogP contribution >= 0.6 is 12.4 Å². The standard InChI is InChI=1S/C11H15NO2.ClH/c13-8-4-5-9(11(14)7-8)10-3-1-2-6-12-10;/h4-5,7,10,12-14H,1-3,6H2;1H/t10-;/m1./s1. The van der Waals surface area contributed by atoms with E-state index in [-0.39, 0.29) is 29.9 Å². The molecule has 0 aromatic heterocycles. The molecule has 3 nitrogen and oxygen atoms in total. The minimum Gasteiger partial charge on any atom is -0.508 e. The number of benzene rings is 1. The van der Waals surface area contributed by atoms with Gasteiger partial charge in [-0.1, -0.05) is 12.5 Å². The molecule has 0 unspecified atom stereocenters. The molecule has 0 amide bonds. The Balaban J connectivity index is 0.00000112. The normalized spacial score (nSPS) is 20.7. The average Bonchev–Trinajstić information content (AvgIpc) is 2.19. The predicted molar refractivity (Wildman–Crippen MR) is 61.6 cm³/mol. The Hall–Kier alpha value is -0.930. The van der Waals surface area contributed by atoms with Crippen molar-refractivity contribution >= 4 is 12.4 Å². The SMILES string of the molecule is Cl.Oc1ccc([C@H]2CCCCN2)c(O)c1. The summed E-state index contributed by atoms with van der Waals surface area (Å²) in [7, 11) is 0. The van der Waals surface area contributed by atoms with Gasteiger partial charge in [-0.25, -0.2) is 0 Å². The van der Waals surface area contributed by atoms with E-state index in [0.717, 1.165) is 18.5 Å². The molecule has 0 aliphatic carbocycles. The third kappa shape index (κ3) is 2.76. The first-order chi connectivity index (χ1) is 6.77. The molecule has 1 heterocycles. The summed E-state index contributed by atoms with van der Waals surface area (Å²) in [6.45, 7) is 1.00. The van der Waals surface area contributed by atoms with Crippen LogP contribution in [0.15, 0.2) is 18.2 Å². The van der Waals surface area contributed by atoms with Crippen LogP contribution < -0.4 is 5.32 Å². The zero-order chi connectivity index (χ0) is 9.97. The molecule has 84 valence electrons. The van der Waals surface area contributed by atoms with Gasteiger partial charge in [-0.05, 0) is 25.5 Å². The highest BCUT2D eigenvalue weighted by atomic mass is 35.5. The van der Waals surface area contributed by atoms with Crippen LogP contribution in [0.1, 0.15) is 30.9 Å². The number of halogens is 1. The van der Waals surface area contributed by atoms with Crippen molar-refractivity contribution in [1.82, 2.24) is 5.32 Å². The fraction of sp³-hybridized carbons (Fsp3) is 0.455. The number of piperidine rings is 1. The van der Waals surface area contributed by atoms with Gasteiger partial charge in [0.15, 0.2) is 0 Å². The van der Waals surface area contributed by atoms with Crippen LogP contribution in [0.2, 0.25) is 0 Å². The highest BCUT2D eigenvalue weighted by molar-refractivity contribution is 5.85. The van der Waals surface area contributed by atoms with Crippen molar-refractivity contribution in [1.29, 1.82) is 0 Å². The number of nitrogens with one attached hydrogen (secondary N) is 1. The monoisotopic (exact) mass is 229 g/mol. The number of phenols is 2. The molecule has 1 saturated heterocycles. The molecule has 0 spiro atoms. The van der Waals surface area contributed by atoms with E-state index >= 15 is 0 Å². The fourth-order valence-corrected chi connectivity index (χ4v) is 1.94. The van der Waals surface area contributed by atoms with E-state index in [4.69, 9.17) is 5.11 Å². The molecular formula is C11H16ClNO2. The first-order valence-electron chi connectivity index (χ1n) is 5.02. The van der Waals surface area contributed by atoms with Gasteiger partial charge in [0.05, 0.1) is 0 Å². The number of hydrogen-bond acceptors (Lipinski definition) is 3. The van der Waals surface area contributed by atoms with Crippen LogP contribution in [0, 0.1) is 0 Å². The second-order valence-electron chi connectivity index (χ2n) is 3.75. The lowest BCUT2D eigenvalue weighted by molar-refractivity contribution is 0.388. The summed E-state index contributed by atoms with van der Waals surface area (Å²) in [6, 6.07) is 5.04. The summed E-state index contributed by atoms with van der Waals surface area (Å²) < 4.78 is 0. The maximum absolute atomic E-state index is 9.64. The molecule has 1 atom stereocenters. The zero-order valence-electron chi connectivity index (χ0n) is 8.44. The summed E-state index contributed by atoms with van der Waals surface area (Å²) in [5, 5.41) is 22.2. The van der Waals surface area contributed by atoms with Crippen LogP contribution in [0.5, 0.6) is 11.5 Å². The largest absolute Gasteiger partial charge is 0.508 e. The molecule has 1 fully saturated rings. The van der Waals surface area contributed by atoms with Gasteiger partial charge in [0.2, 0.25) is 0 Å². The van der Waals surface area contributed by atoms with E-state index in [1.165, 1.54) is 18.9 Å². The molecule has 3 N–H and O–H groups in total. The molecule has 0 saturated carbocycles. The Labute approximate surface area is 95.5 Å². The average molecular weight is 230 g/mol. The molecule has 1 aromatic rings. The van der Waals surface area contributed by atoms with Gasteiger partial charge in [-0.15, -0.1) is 12.4 Å². The molecular weight excluding hydrogens is 214 g/mol. The minimum absolute atomic E-state index is 0. The van der Waals surface area contributed by atoms with Crippen LogP contribution in [-0.2, 0) is 0 Å². The molecule has 0 radical (unpaired) electrons. The van der Waals surface area contributed by atoms with E-state index in [1.807, 2.05) is 0 Å². The van der Waals surface area contributed by atoms with Gasteiger partial charge in [-0.3, -0.25) is 0 Å². The third-order valence-electron chi connectivity index (χ3n) is 2.70. The smallest absolute Gasteiger partial charge is 0.124 e. The van der Waals surface area contributed by atoms with E-state index in [2.05, 4.69) is 5.32 Å². The van der Waals surface area contributed by atoms with Crippen LogP contribution in [0.4, 0.5) is 0 Å². The van der Waals surface area contributed by atoms with Gasteiger partial charge < -0.3 is 15.5 Å². The lowest BCUT2D eigenvalue weighted by Crippen LogP contribution is -2.26. The van der Waals surface area contributed by atoms with Crippen LogP contribution in [0.3, 0.4) is 0 Å². The number of aromatic hydroxyl groups is 2. The fourth-order valence-electron chi connectivity index (χ4n) is 1.94. The van der Waals surface area contributed by atoms with E-state index < -0.39 is 0 Å². The molecule has 1 aliphatic rings. The quantitative estimate of drug-likeness (QED) is 0.693. The van der Waals surface area contributed by atoms with Crippen molar-refractivity contribution in [2.24, 2.45) is 0 Å². The summed E-state index contributed by atoms with van der Waals surface area (Å²) in [6.07, 6.45) is 3.45. The Morgan fingerprint density at radius 2 is 2.00 bits per heavy atom. The number of phenolic OH excluding ortho intramolecular Hbond substituents is 2. The lowest BCUT2D eigenvalue weighted by Gasteiger charge is -2.24. The molecule has 15 heavy (non-hydrogen) atoms. The Morgan fingerprint density at radius 3 is 2.60 bits per heavy atom. The van der Waals surface area contributed by atoms with Gasteiger partial charge in [0.25, 0.3) is 0 Å². The van der Waals surface area contributed by atoms with Gasteiger partial charge in [0.1, 0.15) is 11.5 Å². The topological polar surface area (TPSA) is 52.5 Å². The second-order valence-corrected chi connectivity index (χ2v) is 3.75. The maximum Gasteiger partial charge on any atom is 0.124 e. The van der Waals surface area contributed by atoms with Crippen molar-refractivity contribution in [3.8, 4) is 11.5 Å². The van der Waals surface area contributed by atoms with Crippen molar-refractivity contribution < 1.29 is 10.2 Å². The summed E-state index contributed by atoms with van der Waals surface area (Å²) in [5.41, 5.74) is 0.891. The summed E-state index contributed by atoms with van der Waals surface area (Å²) in [4.78, 5) is 0. The molecule has 2 rings (SSSR count). The van der Waals surface area contributed by atoms with Gasteiger partial charge >= 0.3 is 0 Å². The Bertz CT molecular complexity index is 324. The van der Waals surface area contributed by atoms with E-state index in [1.54, 1.807) is 12.1 Å². The molecule has 1 aliphatic heterocycles. The van der Waals surface area contributed by atoms with Crippen molar-refractivity contribution in [2.75, 3.05) is 6.54 Å². The second kappa shape index (κ2) is 5.24. The maximum atomic E-state index is 9.64. The van der Waals surface area contributed by atoms with Crippen LogP contribution in [-0.4, -0.2) is 16.8 Å². The van der Waals surface area contributed by atoms with E-state index in [0.29, 0.717) is 0 Å². The number of rotatable bonds is 1. The lowest BCUT2D eigenvalue weighted by atomic mass is 9.97. The summed E-state index contributed by atoms with van der Waals surface area (Å²) >= 11 is 0. The molecule has 1 aromatic carbocycles. The first-order valence-corrected chi connectivity index (χ1v) is 5.02. The summed E-state index contributed by atoms with van der Waals surface area (Å²) in [5.74, 6) is 0.298. The highest BCUT2D eigenvalue weighted by Crippen LogP contribution is 2.31. The molecule has 0 bridgehead atoms. The number of hydrogen-bond donors (Lipinski definition) is 3. The minimum atomic E-state index is 0. The molecule has 4 heteroatoms. The third-order valence-corrected chi connectivity index (χ3v) is 2.70. The van der Waals surface area contributed by atoms with Gasteiger partial charge in [0, 0.05) is 17.7 Å². The van der Waals surface area contributed by atoms with Gasteiger partial charge in [-0.2, -0.15) is 0 Å². The van der Waals surface area contributed by atoms with Crippen molar-refractivity contribution in [3.05, 3.63) is 23.8 Å². The first kappa shape index (κ1) is 12.1. The zero-order valence-corrected chi connectivity index (χ0v) is 9.26. The van der Waals surface area contributed by atoms with Crippen molar-refractivity contribution in [2.45, 2.75) is 25.3 Å². The van der Waals surface area contributed by atoms with E-state index in [9.17, 15) is 5.11 Å². The Morgan fingerprint density at radius 1 is 1.20 bits per heavy atom. The Kier molecular flexibility index (Phi) is 4.24. The van der Waals surface area contributed by atoms with Crippen LogP contribution in [0.25, 0.3) is 0 Å². The predicted octanol–water partition coefficient (Wildman–Crippen LogP) is 2.33. The highest BCUT2D eigenvalue weighted by Gasteiger charge is 2.17.